The number of fused-ring (bicyclic) bond motifs is 1. The fraction of sp³-hybridized carbons (Fsp3) is 0.458. The molecule has 38 heavy (non-hydrogen) atoms. The van der Waals surface area contributed by atoms with Crippen LogP contribution >= 0.6 is 12.4 Å². The number of hydrogen-bond acceptors (Lipinski definition) is 11. The number of methoxy groups -OCH3 is 1. The number of amides is 1. The zero-order valence-electron chi connectivity index (χ0n) is 21.2. The van der Waals surface area contributed by atoms with Crippen molar-refractivity contribution in [3.8, 4) is 11.6 Å². The summed E-state index contributed by atoms with van der Waals surface area (Å²) in [4.78, 5) is 27.9. The number of nitrogen functional groups attached to an aromatic ring is 1. The molecule has 1 aliphatic heterocycles. The van der Waals surface area contributed by atoms with Crippen molar-refractivity contribution in [3.05, 3.63) is 40.7 Å². The summed E-state index contributed by atoms with van der Waals surface area (Å²) >= 11 is 0. The van der Waals surface area contributed by atoms with E-state index in [1.807, 2.05) is 6.07 Å². The predicted molar refractivity (Wildman–Crippen MR) is 140 cm³/mol. The van der Waals surface area contributed by atoms with Crippen LogP contribution in [0.2, 0.25) is 0 Å². The number of nitrogens with zero attached hydrogens (tertiary/aromatic N) is 7. The molecule has 0 radical (unpaired) electrons. The lowest BCUT2D eigenvalue weighted by molar-refractivity contribution is 0.0944. The Kier molecular flexibility index (Phi) is 8.37. The first-order valence-electron chi connectivity index (χ1n) is 12.2. The first kappa shape index (κ1) is 27.2. The standard InChI is InChI=1S/C24H29N9O4.ClH/c1-14-5-3-4-8-32(14)13-19-21(27-31-33(19)23-22(25)29-37-30-23)24(35)28-26-12-15-9-16-11-17(36-2)6-7-18(16)20(34)10-15;/h6-7,11-12,14-15H,3-5,8-10,13H2,1-2H3,(H2,25,29)(H,28,35);1H/b26-12-;. The summed E-state index contributed by atoms with van der Waals surface area (Å²) in [7, 11) is 1.59. The van der Waals surface area contributed by atoms with E-state index in [4.69, 9.17) is 15.1 Å². The Balaban J connectivity index is 0.00000336. The summed E-state index contributed by atoms with van der Waals surface area (Å²) in [5.74, 6) is 0.260. The molecule has 1 aromatic carbocycles. The van der Waals surface area contributed by atoms with Gasteiger partial charge in [-0.1, -0.05) is 11.6 Å². The number of nitrogens with one attached hydrogen (secondary N) is 1. The van der Waals surface area contributed by atoms with Crippen LogP contribution in [0.4, 0.5) is 5.82 Å². The topological polar surface area (TPSA) is 167 Å². The van der Waals surface area contributed by atoms with Crippen molar-refractivity contribution in [1.82, 2.24) is 35.6 Å². The number of likely N-dealkylation sites (tertiary alicyclic amines) is 1. The summed E-state index contributed by atoms with van der Waals surface area (Å²) in [6.07, 6.45) is 5.82. The Hall–Kier alpha value is -3.84. The number of benzene rings is 1. The lowest BCUT2D eigenvalue weighted by Crippen LogP contribution is -2.38. The smallest absolute Gasteiger partial charge is 0.293 e. The van der Waals surface area contributed by atoms with E-state index in [1.165, 1.54) is 4.68 Å². The highest BCUT2D eigenvalue weighted by molar-refractivity contribution is 6.00. The van der Waals surface area contributed by atoms with Crippen LogP contribution in [-0.2, 0) is 13.0 Å². The molecule has 5 rings (SSSR count). The van der Waals surface area contributed by atoms with Crippen LogP contribution in [0.25, 0.3) is 5.82 Å². The van der Waals surface area contributed by atoms with Gasteiger partial charge in [0.2, 0.25) is 11.6 Å². The summed E-state index contributed by atoms with van der Waals surface area (Å²) < 4.78 is 11.4. The number of anilines is 1. The number of aromatic nitrogens is 5. The van der Waals surface area contributed by atoms with Gasteiger partial charge in [-0.05, 0) is 66.8 Å². The number of nitrogens with two attached hydrogens (primary N) is 1. The van der Waals surface area contributed by atoms with Gasteiger partial charge < -0.3 is 10.5 Å². The normalized spacial score (nSPS) is 19.7. The molecule has 0 bridgehead atoms. The predicted octanol–water partition coefficient (Wildman–Crippen LogP) is 2.20. The van der Waals surface area contributed by atoms with Gasteiger partial charge in [0.15, 0.2) is 11.5 Å². The molecule has 2 atom stereocenters. The van der Waals surface area contributed by atoms with Gasteiger partial charge in [-0.15, -0.1) is 17.5 Å². The minimum absolute atomic E-state index is 0. The van der Waals surface area contributed by atoms with Crippen molar-refractivity contribution in [2.75, 3.05) is 19.4 Å². The molecular weight excluding hydrogens is 514 g/mol. The number of carbonyl (C=O) groups is 2. The Morgan fingerprint density at radius 3 is 2.89 bits per heavy atom. The minimum Gasteiger partial charge on any atom is -0.497 e. The van der Waals surface area contributed by atoms with Crippen LogP contribution in [0.3, 0.4) is 0 Å². The molecule has 2 unspecified atom stereocenters. The van der Waals surface area contributed by atoms with Gasteiger partial charge in [0, 0.05) is 36.7 Å². The van der Waals surface area contributed by atoms with Crippen molar-refractivity contribution in [3.63, 3.8) is 0 Å². The highest BCUT2D eigenvalue weighted by atomic mass is 35.5. The van der Waals surface area contributed by atoms with E-state index in [-0.39, 0.29) is 41.4 Å². The Morgan fingerprint density at radius 2 is 2.16 bits per heavy atom. The molecule has 2 aromatic heterocycles. The van der Waals surface area contributed by atoms with Crippen molar-refractivity contribution >= 4 is 36.1 Å². The van der Waals surface area contributed by atoms with Crippen LogP contribution in [0.15, 0.2) is 27.9 Å². The SMILES string of the molecule is COc1ccc2c(c1)CC(/C=N\NC(=O)c1nnn(-c3nonc3N)c1CN1CCCCC1C)CC2=O.Cl. The molecule has 13 nitrogen and oxygen atoms in total. The fourth-order valence-corrected chi connectivity index (χ4v) is 4.91. The quantitative estimate of drug-likeness (QED) is 0.333. The molecule has 1 fully saturated rings. The van der Waals surface area contributed by atoms with E-state index in [2.05, 4.69) is 43.0 Å². The van der Waals surface area contributed by atoms with E-state index in [0.717, 1.165) is 31.4 Å². The maximum absolute atomic E-state index is 13.1. The zero-order chi connectivity index (χ0) is 25.9. The molecule has 3 N–H and O–H groups in total. The average molecular weight is 544 g/mol. The third kappa shape index (κ3) is 5.53. The monoisotopic (exact) mass is 543 g/mol. The molecule has 14 heteroatoms. The second-order valence-electron chi connectivity index (χ2n) is 9.42. The zero-order valence-corrected chi connectivity index (χ0v) is 22.0. The number of hydrazone groups is 1. The van der Waals surface area contributed by atoms with E-state index < -0.39 is 5.91 Å². The Bertz CT molecular complexity index is 1340. The van der Waals surface area contributed by atoms with Crippen LogP contribution in [-0.4, -0.2) is 67.8 Å². The van der Waals surface area contributed by atoms with Crippen LogP contribution in [0.1, 0.15) is 64.7 Å². The largest absolute Gasteiger partial charge is 0.497 e. The van der Waals surface area contributed by atoms with Crippen molar-refractivity contribution in [2.24, 2.45) is 11.0 Å². The van der Waals surface area contributed by atoms with Gasteiger partial charge in [-0.3, -0.25) is 14.5 Å². The van der Waals surface area contributed by atoms with E-state index >= 15 is 0 Å². The molecule has 1 saturated heterocycles. The Labute approximate surface area is 225 Å². The number of rotatable bonds is 7. The minimum atomic E-state index is -0.526. The maximum atomic E-state index is 13.1. The second-order valence-corrected chi connectivity index (χ2v) is 9.42. The molecule has 0 spiro atoms. The molecule has 202 valence electrons. The van der Waals surface area contributed by atoms with Gasteiger partial charge in [0.25, 0.3) is 5.91 Å². The molecule has 1 amide bonds. The van der Waals surface area contributed by atoms with E-state index in [1.54, 1.807) is 25.5 Å². The number of carbonyl (C=O) groups excluding carboxylic acids is 2. The highest BCUT2D eigenvalue weighted by Crippen LogP contribution is 2.28. The highest BCUT2D eigenvalue weighted by Gasteiger charge is 2.28. The van der Waals surface area contributed by atoms with Gasteiger partial charge >= 0.3 is 0 Å². The maximum Gasteiger partial charge on any atom is 0.293 e. The molecule has 1 aliphatic carbocycles. The summed E-state index contributed by atoms with van der Waals surface area (Å²) in [6, 6.07) is 5.77. The van der Waals surface area contributed by atoms with Gasteiger partial charge in [-0.2, -0.15) is 9.78 Å². The van der Waals surface area contributed by atoms with Crippen molar-refractivity contribution in [2.45, 2.75) is 51.6 Å². The summed E-state index contributed by atoms with van der Waals surface area (Å²) in [5, 5.41) is 19.8. The van der Waals surface area contributed by atoms with Crippen LogP contribution in [0, 0.1) is 5.92 Å². The van der Waals surface area contributed by atoms with Crippen LogP contribution < -0.4 is 15.9 Å². The third-order valence-corrected chi connectivity index (χ3v) is 6.96. The van der Waals surface area contributed by atoms with Gasteiger partial charge in [0.05, 0.1) is 12.8 Å². The first-order chi connectivity index (χ1) is 17.9. The van der Waals surface area contributed by atoms with E-state index in [0.29, 0.717) is 42.4 Å². The number of halogens is 1. The number of piperidine rings is 1. The van der Waals surface area contributed by atoms with Gasteiger partial charge in [0.1, 0.15) is 5.75 Å². The van der Waals surface area contributed by atoms with Gasteiger partial charge in [-0.25, -0.2) is 10.1 Å². The second kappa shape index (κ2) is 11.7. The number of ketones is 1. The molecule has 3 heterocycles. The first-order valence-corrected chi connectivity index (χ1v) is 12.2. The lowest BCUT2D eigenvalue weighted by Gasteiger charge is -2.33. The third-order valence-electron chi connectivity index (χ3n) is 6.96. The summed E-state index contributed by atoms with van der Waals surface area (Å²) in [6.45, 7) is 3.46. The van der Waals surface area contributed by atoms with E-state index in [9.17, 15) is 9.59 Å². The number of Topliss-reactive ketones (excluding diaryl/α,β-unsaturated/α-hetero) is 1. The lowest BCUT2D eigenvalue weighted by atomic mass is 9.83. The molecule has 0 saturated carbocycles. The number of ether oxygens (including phenoxy) is 1. The van der Waals surface area contributed by atoms with Crippen molar-refractivity contribution < 1.29 is 19.0 Å². The Morgan fingerprint density at radius 1 is 1.32 bits per heavy atom. The molecular formula is C24H30ClN9O4. The fourth-order valence-electron chi connectivity index (χ4n) is 4.91. The van der Waals surface area contributed by atoms with Crippen LogP contribution in [0.5, 0.6) is 5.75 Å². The molecule has 2 aliphatic rings. The number of hydrogen-bond donors (Lipinski definition) is 2. The summed E-state index contributed by atoms with van der Waals surface area (Å²) in [5.41, 5.74) is 10.6. The average Bonchev–Trinajstić information content (AvgIpc) is 3.50. The van der Waals surface area contributed by atoms with Crippen molar-refractivity contribution in [1.29, 1.82) is 0 Å². The molecule has 3 aromatic rings.